The Balaban J connectivity index is 1.84. The van der Waals surface area contributed by atoms with Crippen LogP contribution in [-0.4, -0.2) is 43.7 Å². The van der Waals surface area contributed by atoms with E-state index < -0.39 is 0 Å². The lowest BCUT2D eigenvalue weighted by atomic mass is 9.76. The van der Waals surface area contributed by atoms with Gasteiger partial charge in [0.1, 0.15) is 5.75 Å². The highest BCUT2D eigenvalue weighted by Gasteiger charge is 2.40. The first kappa shape index (κ1) is 20.2. The molecule has 0 unspecified atom stereocenters. The van der Waals surface area contributed by atoms with Crippen molar-refractivity contribution in [3.05, 3.63) is 29.3 Å². The fourth-order valence-corrected chi connectivity index (χ4v) is 4.63. The Morgan fingerprint density at radius 2 is 2.07 bits per heavy atom. The van der Waals surface area contributed by atoms with Gasteiger partial charge >= 0.3 is 0 Å². The van der Waals surface area contributed by atoms with E-state index in [4.69, 9.17) is 9.47 Å². The minimum Gasteiger partial charge on any atom is -0.494 e. The van der Waals surface area contributed by atoms with Crippen LogP contribution in [0.25, 0.3) is 0 Å². The van der Waals surface area contributed by atoms with Gasteiger partial charge in [0, 0.05) is 31.0 Å². The number of fused-ring (bicyclic) bond motifs is 1. The number of ether oxygens (including phenoxy) is 2. The van der Waals surface area contributed by atoms with Crippen molar-refractivity contribution in [2.75, 3.05) is 20.7 Å². The number of nitrogens with zero attached hydrogens (tertiary/aromatic N) is 1. The molecule has 2 fully saturated rings. The molecule has 1 aliphatic carbocycles. The molecule has 5 nitrogen and oxygen atoms in total. The van der Waals surface area contributed by atoms with Crippen molar-refractivity contribution in [1.82, 2.24) is 10.2 Å². The molecule has 0 aromatic heterocycles. The summed E-state index contributed by atoms with van der Waals surface area (Å²) in [5, 5.41) is 3.21. The topological polar surface area (TPSA) is 50.8 Å². The summed E-state index contributed by atoms with van der Waals surface area (Å²) in [6.07, 6.45) is 5.82. The third kappa shape index (κ3) is 5.02. The van der Waals surface area contributed by atoms with Gasteiger partial charge in [0.15, 0.2) is 0 Å². The molecule has 3 rings (SSSR count). The van der Waals surface area contributed by atoms with Gasteiger partial charge in [0.25, 0.3) is 0 Å². The highest BCUT2D eigenvalue weighted by atomic mass is 16.5. The van der Waals surface area contributed by atoms with E-state index in [2.05, 4.69) is 42.5 Å². The molecule has 1 aromatic carbocycles. The molecule has 4 atom stereocenters. The molecule has 1 aromatic rings. The number of amides is 1. The van der Waals surface area contributed by atoms with E-state index in [0.29, 0.717) is 12.5 Å². The quantitative estimate of drug-likeness (QED) is 0.825. The highest BCUT2D eigenvalue weighted by Crippen LogP contribution is 2.42. The maximum absolute atomic E-state index is 11.7. The molecule has 1 saturated carbocycles. The molecule has 5 heteroatoms. The van der Waals surface area contributed by atoms with E-state index >= 15 is 0 Å². The van der Waals surface area contributed by atoms with Crippen LogP contribution in [-0.2, 0) is 16.1 Å². The number of benzene rings is 1. The van der Waals surface area contributed by atoms with Gasteiger partial charge in [-0.2, -0.15) is 0 Å². The van der Waals surface area contributed by atoms with Crippen LogP contribution in [0.4, 0.5) is 0 Å². The maximum atomic E-state index is 11.7. The van der Waals surface area contributed by atoms with E-state index in [0.717, 1.165) is 31.6 Å². The first-order valence-corrected chi connectivity index (χ1v) is 10.3. The van der Waals surface area contributed by atoms with Gasteiger partial charge in [-0.1, -0.05) is 18.9 Å². The maximum Gasteiger partial charge on any atom is 0.217 e. The smallest absolute Gasteiger partial charge is 0.217 e. The number of hydrogen-bond donors (Lipinski definition) is 1. The Kier molecular flexibility index (Phi) is 6.77. The largest absolute Gasteiger partial charge is 0.494 e. The summed E-state index contributed by atoms with van der Waals surface area (Å²) in [5.41, 5.74) is 2.37. The van der Waals surface area contributed by atoms with Crippen molar-refractivity contribution >= 4 is 5.91 Å². The summed E-state index contributed by atoms with van der Waals surface area (Å²) in [6.45, 7) is 5.12. The van der Waals surface area contributed by atoms with Gasteiger partial charge in [-0.15, -0.1) is 0 Å². The first-order valence-electron chi connectivity index (χ1n) is 10.3. The van der Waals surface area contributed by atoms with E-state index in [-0.39, 0.29) is 24.2 Å². The van der Waals surface area contributed by atoms with E-state index in [9.17, 15) is 4.79 Å². The average Bonchev–Trinajstić information content (AvgIpc) is 2.62. The predicted octanol–water partition coefficient (Wildman–Crippen LogP) is 3.67. The summed E-state index contributed by atoms with van der Waals surface area (Å²) < 4.78 is 12.4. The summed E-state index contributed by atoms with van der Waals surface area (Å²) in [7, 11) is 4.14. The van der Waals surface area contributed by atoms with Gasteiger partial charge in [-0.05, 0) is 58.0 Å². The minimum atomic E-state index is 0.0257. The van der Waals surface area contributed by atoms with E-state index in [1.54, 1.807) is 6.92 Å². The van der Waals surface area contributed by atoms with Gasteiger partial charge in [-0.3, -0.25) is 4.79 Å². The van der Waals surface area contributed by atoms with Crippen molar-refractivity contribution in [3.8, 4) is 5.75 Å². The van der Waals surface area contributed by atoms with E-state index in [1.165, 1.54) is 24.0 Å². The van der Waals surface area contributed by atoms with Gasteiger partial charge in [0.2, 0.25) is 5.91 Å². The molecular weight excluding hydrogens is 340 g/mol. The molecule has 27 heavy (non-hydrogen) atoms. The first-order chi connectivity index (χ1) is 13.0. The second-order valence-corrected chi connectivity index (χ2v) is 8.19. The number of hydrogen-bond acceptors (Lipinski definition) is 4. The Labute approximate surface area is 163 Å². The van der Waals surface area contributed by atoms with Crippen LogP contribution < -0.4 is 10.1 Å². The molecule has 150 valence electrons. The highest BCUT2D eigenvalue weighted by molar-refractivity contribution is 5.73. The van der Waals surface area contributed by atoms with Crippen molar-refractivity contribution in [3.63, 3.8) is 0 Å². The van der Waals surface area contributed by atoms with Crippen LogP contribution in [0.15, 0.2) is 18.2 Å². The minimum absolute atomic E-state index is 0.0257. The zero-order valence-electron chi connectivity index (χ0n) is 17.2. The summed E-state index contributed by atoms with van der Waals surface area (Å²) in [4.78, 5) is 13.9. The number of carbonyl (C=O) groups is 1. The summed E-state index contributed by atoms with van der Waals surface area (Å²) in [5.74, 6) is 1.45. The van der Waals surface area contributed by atoms with Crippen LogP contribution in [0, 0.1) is 5.92 Å². The molecule has 1 aliphatic heterocycles. The summed E-state index contributed by atoms with van der Waals surface area (Å²) >= 11 is 0. The average molecular weight is 375 g/mol. The molecule has 1 amide bonds. The second-order valence-electron chi connectivity index (χ2n) is 8.19. The van der Waals surface area contributed by atoms with Crippen LogP contribution in [0.1, 0.15) is 63.2 Å². The van der Waals surface area contributed by atoms with Crippen LogP contribution >= 0.6 is 0 Å². The van der Waals surface area contributed by atoms with Gasteiger partial charge in [-0.25, -0.2) is 0 Å². The third-order valence-corrected chi connectivity index (χ3v) is 5.71. The fourth-order valence-electron chi connectivity index (χ4n) is 4.63. The standard InChI is InChI=1S/C22H34N2O3/c1-5-26-20-11-10-16(12-17(20)14-24(3)4)22-13-19(23-15(2)25)18-8-6-7-9-21(18)27-22/h10-12,18-19,21-22H,5-9,13-14H2,1-4H3,(H,23,25)/t18-,19+,21+,22+/m0/s1. The Bertz CT molecular complexity index is 646. The van der Waals surface area contributed by atoms with Crippen molar-refractivity contribution in [2.24, 2.45) is 5.92 Å². The normalized spacial score (nSPS) is 27.9. The molecule has 1 N–H and O–H groups in total. The molecule has 1 saturated heterocycles. The number of rotatable bonds is 6. The zero-order valence-corrected chi connectivity index (χ0v) is 17.2. The zero-order chi connectivity index (χ0) is 19.4. The molecule has 1 heterocycles. The van der Waals surface area contributed by atoms with E-state index in [1.807, 2.05) is 6.92 Å². The van der Waals surface area contributed by atoms with Crippen LogP contribution in [0.3, 0.4) is 0 Å². The lowest BCUT2D eigenvalue weighted by Crippen LogP contribution is -2.50. The van der Waals surface area contributed by atoms with Crippen LogP contribution in [0.5, 0.6) is 5.75 Å². The molecule has 0 spiro atoms. The predicted molar refractivity (Wildman–Crippen MR) is 107 cm³/mol. The fraction of sp³-hybridized carbons (Fsp3) is 0.682. The van der Waals surface area contributed by atoms with Crippen LogP contribution in [0.2, 0.25) is 0 Å². The Morgan fingerprint density at radius 3 is 2.78 bits per heavy atom. The van der Waals surface area contributed by atoms with Gasteiger partial charge < -0.3 is 19.7 Å². The molecule has 0 radical (unpaired) electrons. The molecule has 2 aliphatic rings. The SMILES string of the molecule is CCOc1ccc([C@H]2C[C@@H](NC(C)=O)[C@@H]3CCCC[C@H]3O2)cc1CN(C)C. The molecule has 0 bridgehead atoms. The monoisotopic (exact) mass is 374 g/mol. The van der Waals surface area contributed by atoms with Crippen molar-refractivity contribution < 1.29 is 14.3 Å². The lowest BCUT2D eigenvalue weighted by molar-refractivity contribution is -0.131. The van der Waals surface area contributed by atoms with Crippen molar-refractivity contribution in [2.45, 2.75) is 70.7 Å². The lowest BCUT2D eigenvalue weighted by Gasteiger charge is -2.45. The molecular formula is C22H34N2O3. The summed E-state index contributed by atoms with van der Waals surface area (Å²) in [6, 6.07) is 6.63. The van der Waals surface area contributed by atoms with Crippen molar-refractivity contribution in [1.29, 1.82) is 0 Å². The second kappa shape index (κ2) is 9.07. The Hall–Kier alpha value is -1.59. The van der Waals surface area contributed by atoms with Gasteiger partial charge in [0.05, 0.1) is 18.8 Å². The number of carbonyl (C=O) groups excluding carboxylic acids is 1. The third-order valence-electron chi connectivity index (χ3n) is 5.71. The number of nitrogens with one attached hydrogen (secondary N) is 1. The Morgan fingerprint density at radius 1 is 1.30 bits per heavy atom.